The number of rotatable bonds is 7. The van der Waals surface area contributed by atoms with Gasteiger partial charge in [-0.05, 0) is 46.2 Å². The van der Waals surface area contributed by atoms with E-state index in [0.29, 0.717) is 30.3 Å². The van der Waals surface area contributed by atoms with Crippen LogP contribution in [0.4, 0.5) is 0 Å². The number of hydrogen-bond acceptors (Lipinski definition) is 4. The summed E-state index contributed by atoms with van der Waals surface area (Å²) in [5, 5.41) is 0. The first-order chi connectivity index (χ1) is 13.1. The first kappa shape index (κ1) is 21.8. The van der Waals surface area contributed by atoms with Gasteiger partial charge in [0.05, 0.1) is 7.11 Å². The van der Waals surface area contributed by atoms with Gasteiger partial charge in [0.25, 0.3) is 0 Å². The monoisotopic (exact) mass is 384 g/mol. The van der Waals surface area contributed by atoms with Gasteiger partial charge in [0.15, 0.2) is 11.5 Å². The predicted octanol–water partition coefficient (Wildman–Crippen LogP) is 5.56. The smallest absolute Gasteiger partial charge is 0.162 e. The van der Waals surface area contributed by atoms with Crippen LogP contribution in [0.3, 0.4) is 0 Å². The molecule has 2 aromatic rings. The zero-order valence-electron chi connectivity index (χ0n) is 18.1. The summed E-state index contributed by atoms with van der Waals surface area (Å²) in [4.78, 5) is 11.0. The van der Waals surface area contributed by atoms with E-state index >= 15 is 0 Å². The molecule has 0 amide bonds. The molecule has 0 radical (unpaired) electrons. The second-order valence-corrected chi connectivity index (χ2v) is 8.94. The van der Waals surface area contributed by atoms with E-state index in [9.17, 15) is 4.79 Å². The van der Waals surface area contributed by atoms with Crippen molar-refractivity contribution >= 4 is 6.29 Å². The molecule has 0 N–H and O–H groups in total. The molecule has 0 aliphatic carbocycles. The minimum absolute atomic E-state index is 0.0288. The van der Waals surface area contributed by atoms with Gasteiger partial charge in [-0.15, -0.1) is 0 Å². The van der Waals surface area contributed by atoms with E-state index in [-0.39, 0.29) is 10.8 Å². The molecule has 2 rings (SSSR count). The molecule has 28 heavy (non-hydrogen) atoms. The molecule has 4 nitrogen and oxygen atoms in total. The van der Waals surface area contributed by atoms with E-state index < -0.39 is 0 Å². The van der Waals surface area contributed by atoms with Crippen LogP contribution in [0, 0.1) is 0 Å². The van der Waals surface area contributed by atoms with Crippen molar-refractivity contribution in [3.8, 4) is 17.2 Å². The van der Waals surface area contributed by atoms with Crippen molar-refractivity contribution in [3.05, 3.63) is 53.1 Å². The van der Waals surface area contributed by atoms with Gasteiger partial charge in [0.1, 0.15) is 25.2 Å². The summed E-state index contributed by atoms with van der Waals surface area (Å²) in [5.41, 5.74) is 3.07. The molecule has 0 bridgehead atoms. The lowest BCUT2D eigenvalue weighted by atomic mass is 9.80. The lowest BCUT2D eigenvalue weighted by Gasteiger charge is -2.27. The van der Waals surface area contributed by atoms with E-state index in [0.717, 1.165) is 12.0 Å². The fraction of sp³-hybridized carbons (Fsp3) is 0.458. The first-order valence-corrected chi connectivity index (χ1v) is 9.60. The Morgan fingerprint density at radius 1 is 0.786 bits per heavy atom. The Hall–Kier alpha value is -2.49. The van der Waals surface area contributed by atoms with Gasteiger partial charge in [0.2, 0.25) is 0 Å². The van der Waals surface area contributed by atoms with Gasteiger partial charge in [-0.25, -0.2) is 0 Å². The van der Waals surface area contributed by atoms with Gasteiger partial charge in [-0.2, -0.15) is 0 Å². The topological polar surface area (TPSA) is 44.8 Å². The van der Waals surface area contributed by atoms with E-state index in [4.69, 9.17) is 14.2 Å². The third kappa shape index (κ3) is 5.51. The molecule has 0 saturated carbocycles. The van der Waals surface area contributed by atoms with Gasteiger partial charge in [0, 0.05) is 5.56 Å². The molecular formula is C24H32O4. The first-order valence-electron chi connectivity index (χ1n) is 9.60. The molecule has 0 aliphatic rings. The molecule has 0 aromatic heterocycles. The Morgan fingerprint density at radius 3 is 1.93 bits per heavy atom. The van der Waals surface area contributed by atoms with Crippen LogP contribution in [0.15, 0.2) is 36.4 Å². The number of carbonyl (C=O) groups excluding carboxylic acids is 1. The zero-order valence-corrected chi connectivity index (χ0v) is 18.1. The fourth-order valence-corrected chi connectivity index (χ4v) is 2.89. The summed E-state index contributed by atoms with van der Waals surface area (Å²) in [6, 6.07) is 11.5. The van der Waals surface area contributed by atoms with Crippen molar-refractivity contribution < 1.29 is 19.0 Å². The molecule has 0 heterocycles. The van der Waals surface area contributed by atoms with Crippen LogP contribution in [0.2, 0.25) is 0 Å². The molecule has 0 atom stereocenters. The van der Waals surface area contributed by atoms with Crippen LogP contribution >= 0.6 is 0 Å². The highest BCUT2D eigenvalue weighted by Crippen LogP contribution is 2.35. The summed E-state index contributed by atoms with van der Waals surface area (Å²) in [6.45, 7) is 13.9. The number of aldehydes is 1. The van der Waals surface area contributed by atoms with Gasteiger partial charge in [-0.3, -0.25) is 4.79 Å². The maximum atomic E-state index is 11.0. The predicted molar refractivity (Wildman–Crippen MR) is 113 cm³/mol. The van der Waals surface area contributed by atoms with Crippen LogP contribution in [0.25, 0.3) is 0 Å². The average molecular weight is 385 g/mol. The molecule has 152 valence electrons. The zero-order chi connectivity index (χ0) is 20.9. The Bertz CT molecular complexity index is 810. The number of methoxy groups -OCH3 is 1. The van der Waals surface area contributed by atoms with Crippen molar-refractivity contribution in [1.29, 1.82) is 0 Å². The summed E-state index contributed by atoms with van der Waals surface area (Å²) in [7, 11) is 1.58. The van der Waals surface area contributed by atoms with Crippen LogP contribution < -0.4 is 14.2 Å². The Balaban J connectivity index is 2.10. The maximum Gasteiger partial charge on any atom is 0.162 e. The largest absolute Gasteiger partial charge is 0.493 e. The minimum atomic E-state index is -0.0288. The van der Waals surface area contributed by atoms with Crippen molar-refractivity contribution in [2.75, 3.05) is 20.3 Å². The van der Waals surface area contributed by atoms with Crippen LogP contribution in [-0.2, 0) is 10.8 Å². The second kappa shape index (κ2) is 8.68. The lowest BCUT2D eigenvalue weighted by Crippen LogP contribution is -2.19. The standard InChI is InChI=1S/C24H32O4/c1-23(2,3)18-9-11-20(19(15-18)24(4,5)6)27-12-13-28-22-14-17(16-25)8-10-21(22)26-7/h8-11,14-16H,12-13H2,1-7H3. The Kier molecular flexibility index (Phi) is 6.76. The van der Waals surface area contributed by atoms with E-state index in [2.05, 4.69) is 59.7 Å². The SMILES string of the molecule is COc1ccc(C=O)cc1OCCOc1ccc(C(C)(C)C)cc1C(C)(C)C. The highest BCUT2D eigenvalue weighted by atomic mass is 16.5. The minimum Gasteiger partial charge on any atom is -0.493 e. The van der Waals surface area contributed by atoms with Crippen LogP contribution in [-0.4, -0.2) is 26.6 Å². The third-order valence-electron chi connectivity index (χ3n) is 4.58. The fourth-order valence-electron chi connectivity index (χ4n) is 2.89. The van der Waals surface area contributed by atoms with Crippen molar-refractivity contribution in [2.24, 2.45) is 0 Å². The summed E-state index contributed by atoms with van der Waals surface area (Å²) in [6.07, 6.45) is 0.787. The van der Waals surface area contributed by atoms with Crippen molar-refractivity contribution in [3.63, 3.8) is 0 Å². The quantitative estimate of drug-likeness (QED) is 0.463. The number of ether oxygens (including phenoxy) is 3. The highest BCUT2D eigenvalue weighted by molar-refractivity contribution is 5.76. The molecular weight excluding hydrogens is 352 g/mol. The molecule has 0 unspecified atom stereocenters. The summed E-state index contributed by atoms with van der Waals surface area (Å²) < 4.78 is 17.1. The summed E-state index contributed by atoms with van der Waals surface area (Å²) >= 11 is 0. The van der Waals surface area contributed by atoms with Gasteiger partial charge < -0.3 is 14.2 Å². The van der Waals surface area contributed by atoms with Crippen LogP contribution in [0.1, 0.15) is 63.0 Å². The molecule has 2 aromatic carbocycles. The number of hydrogen-bond donors (Lipinski definition) is 0. The number of benzene rings is 2. The van der Waals surface area contributed by atoms with Crippen molar-refractivity contribution in [1.82, 2.24) is 0 Å². The van der Waals surface area contributed by atoms with E-state index in [1.54, 1.807) is 25.3 Å². The molecule has 4 heteroatoms. The summed E-state index contributed by atoms with van der Waals surface area (Å²) in [5.74, 6) is 2.00. The van der Waals surface area contributed by atoms with E-state index in [1.165, 1.54) is 11.1 Å². The van der Waals surface area contributed by atoms with Crippen LogP contribution in [0.5, 0.6) is 17.2 Å². The Labute approximate surface area is 168 Å². The number of carbonyl (C=O) groups is 1. The van der Waals surface area contributed by atoms with Gasteiger partial charge in [-0.1, -0.05) is 53.7 Å². The van der Waals surface area contributed by atoms with E-state index in [1.807, 2.05) is 0 Å². The third-order valence-corrected chi connectivity index (χ3v) is 4.58. The second-order valence-electron chi connectivity index (χ2n) is 8.94. The van der Waals surface area contributed by atoms with Gasteiger partial charge >= 0.3 is 0 Å². The highest BCUT2D eigenvalue weighted by Gasteiger charge is 2.23. The maximum absolute atomic E-state index is 11.0. The Morgan fingerprint density at radius 2 is 1.39 bits per heavy atom. The molecule has 0 aliphatic heterocycles. The molecule has 0 spiro atoms. The normalized spacial score (nSPS) is 11.8. The van der Waals surface area contributed by atoms with Crippen molar-refractivity contribution in [2.45, 2.75) is 52.4 Å². The molecule has 0 fully saturated rings. The lowest BCUT2D eigenvalue weighted by molar-refractivity contribution is 0.112. The average Bonchev–Trinajstić information content (AvgIpc) is 2.63. The molecule has 0 saturated heterocycles.